The van der Waals surface area contributed by atoms with Gasteiger partial charge in [0.15, 0.2) is 0 Å². The van der Waals surface area contributed by atoms with E-state index in [0.717, 1.165) is 42.6 Å². The summed E-state index contributed by atoms with van der Waals surface area (Å²) >= 11 is 0. The third-order valence-corrected chi connectivity index (χ3v) is 6.07. The van der Waals surface area contributed by atoms with E-state index in [9.17, 15) is 9.59 Å². The maximum atomic E-state index is 12.8. The van der Waals surface area contributed by atoms with E-state index in [1.165, 1.54) is 0 Å². The topological polar surface area (TPSA) is 65.1 Å². The number of morpholine rings is 1. The summed E-state index contributed by atoms with van der Waals surface area (Å²) in [4.78, 5) is 31.5. The number of ether oxygens (including phenoxy) is 1. The molecule has 30 heavy (non-hydrogen) atoms. The third-order valence-electron chi connectivity index (χ3n) is 6.07. The molecular formula is C23H30N4O3. The van der Waals surface area contributed by atoms with Gasteiger partial charge in [-0.05, 0) is 29.8 Å². The van der Waals surface area contributed by atoms with Gasteiger partial charge in [0.2, 0.25) is 11.8 Å². The third kappa shape index (κ3) is 4.98. The largest absolute Gasteiger partial charge is 0.378 e. The molecule has 2 aliphatic rings. The van der Waals surface area contributed by atoms with Crippen molar-refractivity contribution >= 4 is 28.3 Å². The number of hydrogen-bond donors (Lipinski definition) is 1. The molecule has 2 fully saturated rings. The first-order valence-corrected chi connectivity index (χ1v) is 10.7. The fourth-order valence-electron chi connectivity index (χ4n) is 4.09. The zero-order valence-corrected chi connectivity index (χ0v) is 17.5. The first-order valence-electron chi connectivity index (χ1n) is 10.7. The van der Waals surface area contributed by atoms with Gasteiger partial charge in [-0.25, -0.2) is 0 Å². The zero-order chi connectivity index (χ0) is 20.9. The van der Waals surface area contributed by atoms with E-state index in [1.54, 1.807) is 0 Å². The van der Waals surface area contributed by atoms with E-state index in [-0.39, 0.29) is 17.9 Å². The number of rotatable bonds is 5. The van der Waals surface area contributed by atoms with Crippen LogP contribution in [0.15, 0.2) is 42.5 Å². The van der Waals surface area contributed by atoms with E-state index >= 15 is 0 Å². The Morgan fingerprint density at radius 3 is 2.40 bits per heavy atom. The van der Waals surface area contributed by atoms with Crippen LogP contribution in [0.4, 0.5) is 5.69 Å². The highest BCUT2D eigenvalue weighted by atomic mass is 16.5. The van der Waals surface area contributed by atoms with Crippen LogP contribution in [0.25, 0.3) is 10.8 Å². The van der Waals surface area contributed by atoms with Crippen molar-refractivity contribution in [2.75, 3.05) is 64.3 Å². The standard InChI is InChI=1S/C23H30N4O3/c1-18(23(29)24-21-7-6-19-4-2-3-5-20(19)16-21)26-10-8-25(9-11-26)17-22(28)27-12-14-30-15-13-27/h2-7,16,18H,8-15,17H2,1H3,(H,24,29)/t18-/m1/s1. The molecule has 2 aromatic rings. The number of nitrogens with zero attached hydrogens (tertiary/aromatic N) is 3. The average Bonchev–Trinajstić information content (AvgIpc) is 2.79. The summed E-state index contributed by atoms with van der Waals surface area (Å²) in [6.45, 7) is 8.18. The summed E-state index contributed by atoms with van der Waals surface area (Å²) in [7, 11) is 0. The number of nitrogens with one attached hydrogen (secondary N) is 1. The molecule has 0 aromatic heterocycles. The van der Waals surface area contributed by atoms with Gasteiger partial charge in [0.25, 0.3) is 0 Å². The molecule has 2 saturated heterocycles. The van der Waals surface area contributed by atoms with E-state index < -0.39 is 0 Å². The Hall–Kier alpha value is -2.48. The first-order chi connectivity index (χ1) is 14.6. The van der Waals surface area contributed by atoms with Gasteiger partial charge >= 0.3 is 0 Å². The highest BCUT2D eigenvalue weighted by Crippen LogP contribution is 2.19. The summed E-state index contributed by atoms with van der Waals surface area (Å²) in [6.07, 6.45) is 0. The van der Waals surface area contributed by atoms with Crippen LogP contribution in [0, 0.1) is 0 Å². The fraction of sp³-hybridized carbons (Fsp3) is 0.478. The minimum atomic E-state index is -0.214. The fourth-order valence-corrected chi connectivity index (χ4v) is 4.09. The van der Waals surface area contributed by atoms with E-state index in [1.807, 2.05) is 48.2 Å². The minimum absolute atomic E-state index is 0.00289. The van der Waals surface area contributed by atoms with Crippen molar-refractivity contribution in [3.63, 3.8) is 0 Å². The maximum absolute atomic E-state index is 12.8. The lowest BCUT2D eigenvalue weighted by atomic mass is 10.1. The van der Waals surface area contributed by atoms with Crippen molar-refractivity contribution < 1.29 is 14.3 Å². The van der Waals surface area contributed by atoms with Gasteiger partial charge < -0.3 is 15.0 Å². The van der Waals surface area contributed by atoms with Crippen LogP contribution in [-0.2, 0) is 14.3 Å². The van der Waals surface area contributed by atoms with Crippen molar-refractivity contribution in [1.29, 1.82) is 0 Å². The molecule has 0 saturated carbocycles. The van der Waals surface area contributed by atoms with Gasteiger partial charge in [-0.1, -0.05) is 30.3 Å². The van der Waals surface area contributed by atoms with Crippen LogP contribution in [0.3, 0.4) is 0 Å². The second-order valence-corrected chi connectivity index (χ2v) is 8.03. The molecule has 160 valence electrons. The molecule has 7 nitrogen and oxygen atoms in total. The lowest BCUT2D eigenvalue weighted by molar-refractivity contribution is -0.137. The molecule has 4 rings (SSSR count). The summed E-state index contributed by atoms with van der Waals surface area (Å²) < 4.78 is 5.31. The SMILES string of the molecule is C[C@H](C(=O)Nc1ccc2ccccc2c1)N1CCN(CC(=O)N2CCOCC2)CC1. The quantitative estimate of drug-likeness (QED) is 0.812. The molecule has 2 amide bonds. The number of carbonyl (C=O) groups excluding carboxylic acids is 2. The number of amides is 2. The van der Waals surface area contributed by atoms with E-state index in [4.69, 9.17) is 4.74 Å². The van der Waals surface area contributed by atoms with Gasteiger partial charge in [0, 0.05) is 45.0 Å². The summed E-state index contributed by atoms with van der Waals surface area (Å²) in [5, 5.41) is 5.32. The average molecular weight is 411 g/mol. The van der Waals surface area contributed by atoms with Crippen molar-refractivity contribution in [3.05, 3.63) is 42.5 Å². The van der Waals surface area contributed by atoms with Crippen LogP contribution < -0.4 is 5.32 Å². The number of anilines is 1. The Balaban J connectivity index is 1.26. The zero-order valence-electron chi connectivity index (χ0n) is 17.5. The molecule has 7 heteroatoms. The molecule has 2 aromatic carbocycles. The predicted molar refractivity (Wildman–Crippen MR) is 117 cm³/mol. The molecule has 2 aliphatic heterocycles. The summed E-state index contributed by atoms with van der Waals surface area (Å²) in [5.74, 6) is 0.178. The first kappa shape index (κ1) is 20.8. The predicted octanol–water partition coefficient (Wildman–Crippen LogP) is 1.64. The Morgan fingerprint density at radius 2 is 1.67 bits per heavy atom. The van der Waals surface area contributed by atoms with Crippen molar-refractivity contribution in [2.45, 2.75) is 13.0 Å². The number of benzene rings is 2. The van der Waals surface area contributed by atoms with Crippen LogP contribution in [0.2, 0.25) is 0 Å². The number of carbonyl (C=O) groups is 2. The van der Waals surface area contributed by atoms with Gasteiger partial charge in [-0.3, -0.25) is 19.4 Å². The van der Waals surface area contributed by atoms with Crippen molar-refractivity contribution in [2.24, 2.45) is 0 Å². The molecule has 0 spiro atoms. The number of hydrogen-bond acceptors (Lipinski definition) is 5. The smallest absolute Gasteiger partial charge is 0.241 e. The van der Waals surface area contributed by atoms with Crippen molar-refractivity contribution in [3.8, 4) is 0 Å². The number of piperazine rings is 1. The van der Waals surface area contributed by atoms with Gasteiger partial charge in [0.1, 0.15) is 0 Å². The molecule has 0 aliphatic carbocycles. The number of fused-ring (bicyclic) bond motifs is 1. The Bertz CT molecular complexity index is 889. The molecular weight excluding hydrogens is 380 g/mol. The van der Waals surface area contributed by atoms with E-state index in [2.05, 4.69) is 21.2 Å². The normalized spacial score (nSPS) is 19.6. The Kier molecular flexibility index (Phi) is 6.62. The lowest BCUT2D eigenvalue weighted by Crippen LogP contribution is -2.55. The molecule has 0 radical (unpaired) electrons. The minimum Gasteiger partial charge on any atom is -0.378 e. The van der Waals surface area contributed by atoms with Crippen molar-refractivity contribution in [1.82, 2.24) is 14.7 Å². The Morgan fingerprint density at radius 1 is 0.967 bits per heavy atom. The molecule has 1 atom stereocenters. The van der Waals surface area contributed by atoms with Gasteiger partial charge in [-0.2, -0.15) is 0 Å². The second-order valence-electron chi connectivity index (χ2n) is 8.03. The van der Waals surface area contributed by atoms with E-state index in [0.29, 0.717) is 32.8 Å². The van der Waals surface area contributed by atoms with Gasteiger partial charge in [0.05, 0.1) is 25.8 Å². The second kappa shape index (κ2) is 9.55. The molecule has 2 heterocycles. The maximum Gasteiger partial charge on any atom is 0.241 e. The van der Waals surface area contributed by atoms with Crippen LogP contribution >= 0.6 is 0 Å². The highest BCUT2D eigenvalue weighted by Gasteiger charge is 2.27. The molecule has 0 bridgehead atoms. The summed E-state index contributed by atoms with van der Waals surface area (Å²) in [6, 6.07) is 13.9. The van der Waals surface area contributed by atoms with Gasteiger partial charge in [-0.15, -0.1) is 0 Å². The van der Waals surface area contributed by atoms with Crippen LogP contribution in [0.1, 0.15) is 6.92 Å². The molecule has 1 N–H and O–H groups in total. The van der Waals surface area contributed by atoms with Crippen LogP contribution in [-0.4, -0.2) is 91.6 Å². The monoisotopic (exact) mass is 410 g/mol. The highest BCUT2D eigenvalue weighted by molar-refractivity contribution is 5.97. The lowest BCUT2D eigenvalue weighted by Gasteiger charge is -2.38. The summed E-state index contributed by atoms with van der Waals surface area (Å²) in [5.41, 5.74) is 0.820. The molecule has 0 unspecified atom stereocenters. The Labute approximate surface area is 177 Å². The van der Waals surface area contributed by atoms with Crippen LogP contribution in [0.5, 0.6) is 0 Å².